The summed E-state index contributed by atoms with van der Waals surface area (Å²) in [6.07, 6.45) is 1.64. The van der Waals surface area contributed by atoms with Gasteiger partial charge in [0.05, 0.1) is 27.8 Å². The number of benzene rings is 4. The lowest BCUT2D eigenvalue weighted by Gasteiger charge is -2.14. The average molecular weight is 601 g/mol. The Morgan fingerprint density at radius 1 is 0.973 bits per heavy atom. The molecular formula is C30H24IN3O3. The van der Waals surface area contributed by atoms with Crippen molar-refractivity contribution in [2.24, 2.45) is 5.10 Å². The van der Waals surface area contributed by atoms with Crippen LogP contribution in [0, 0.1) is 10.5 Å². The van der Waals surface area contributed by atoms with Crippen LogP contribution in [0.5, 0.6) is 11.5 Å². The third kappa shape index (κ3) is 5.41. The largest absolute Gasteiger partial charge is 0.493 e. The molecule has 0 saturated carbocycles. The zero-order valence-electron chi connectivity index (χ0n) is 20.4. The van der Waals surface area contributed by atoms with Crippen LogP contribution in [-0.4, -0.2) is 23.0 Å². The first kappa shape index (κ1) is 24.7. The molecule has 0 fully saturated rings. The maximum atomic E-state index is 13.4. The molecule has 0 saturated heterocycles. The molecule has 0 radical (unpaired) electrons. The molecule has 1 heterocycles. The number of fused-ring (bicyclic) bond motifs is 1. The summed E-state index contributed by atoms with van der Waals surface area (Å²) in [6, 6.07) is 28.9. The average Bonchev–Trinajstić information content (AvgIpc) is 2.92. The lowest BCUT2D eigenvalue weighted by molar-refractivity contribution is 0.282. The summed E-state index contributed by atoms with van der Waals surface area (Å²) in [5, 5.41) is 5.07. The van der Waals surface area contributed by atoms with Crippen LogP contribution in [0.2, 0.25) is 0 Å². The van der Waals surface area contributed by atoms with E-state index in [1.54, 1.807) is 19.4 Å². The Labute approximate surface area is 228 Å². The summed E-state index contributed by atoms with van der Waals surface area (Å²) in [6.45, 7) is 2.49. The van der Waals surface area contributed by atoms with Gasteiger partial charge in [0.15, 0.2) is 17.3 Å². The lowest BCUT2D eigenvalue weighted by Crippen LogP contribution is -2.20. The summed E-state index contributed by atoms with van der Waals surface area (Å²) >= 11 is 2.23. The maximum Gasteiger partial charge on any atom is 0.282 e. The minimum Gasteiger partial charge on any atom is -0.493 e. The van der Waals surface area contributed by atoms with Crippen molar-refractivity contribution < 1.29 is 9.47 Å². The van der Waals surface area contributed by atoms with E-state index in [1.807, 2.05) is 72.8 Å². The number of rotatable bonds is 7. The van der Waals surface area contributed by atoms with Gasteiger partial charge >= 0.3 is 0 Å². The number of ether oxygens (including phenoxy) is 2. The summed E-state index contributed by atoms with van der Waals surface area (Å²) < 4.78 is 14.0. The number of para-hydroxylation sites is 1. The molecule has 0 amide bonds. The number of methoxy groups -OCH3 is 1. The predicted octanol–water partition coefficient (Wildman–Crippen LogP) is 6.45. The lowest BCUT2D eigenvalue weighted by atomic mass is 10.1. The smallest absolute Gasteiger partial charge is 0.282 e. The van der Waals surface area contributed by atoms with Gasteiger partial charge in [0.2, 0.25) is 0 Å². The highest BCUT2D eigenvalue weighted by molar-refractivity contribution is 14.1. The minimum atomic E-state index is -0.236. The molecule has 0 spiro atoms. The van der Waals surface area contributed by atoms with E-state index in [2.05, 4.69) is 46.7 Å². The van der Waals surface area contributed by atoms with Gasteiger partial charge in [-0.15, -0.1) is 0 Å². The van der Waals surface area contributed by atoms with Crippen LogP contribution in [0.4, 0.5) is 0 Å². The molecule has 0 atom stereocenters. The summed E-state index contributed by atoms with van der Waals surface area (Å²) in [7, 11) is 1.61. The third-order valence-electron chi connectivity index (χ3n) is 5.83. The molecule has 6 nitrogen and oxygen atoms in total. The highest BCUT2D eigenvalue weighted by Gasteiger charge is 2.14. The highest BCUT2D eigenvalue weighted by Crippen LogP contribution is 2.34. The Balaban J connectivity index is 1.52. The number of aromatic nitrogens is 2. The molecule has 0 N–H and O–H groups in total. The van der Waals surface area contributed by atoms with Crippen molar-refractivity contribution in [1.29, 1.82) is 0 Å². The number of hydrogen-bond acceptors (Lipinski definition) is 5. The first-order valence-corrected chi connectivity index (χ1v) is 12.8. The van der Waals surface area contributed by atoms with Gasteiger partial charge in [-0.2, -0.15) is 9.78 Å². The SMILES string of the molecule is COc1cc(C=Nn2c(-c3ccccc3)nc3ccccc3c2=O)cc(I)c1OCc1cccc(C)c1. The van der Waals surface area contributed by atoms with Crippen molar-refractivity contribution in [2.45, 2.75) is 13.5 Å². The number of aryl methyl sites for hydroxylation is 1. The summed E-state index contributed by atoms with van der Waals surface area (Å²) in [4.78, 5) is 18.1. The van der Waals surface area contributed by atoms with Gasteiger partial charge in [-0.3, -0.25) is 4.79 Å². The van der Waals surface area contributed by atoms with Crippen LogP contribution in [0.1, 0.15) is 16.7 Å². The summed E-state index contributed by atoms with van der Waals surface area (Å²) in [5.74, 6) is 1.73. The zero-order chi connectivity index (χ0) is 25.8. The maximum absolute atomic E-state index is 13.4. The molecule has 0 aliphatic heterocycles. The van der Waals surface area contributed by atoms with Crippen molar-refractivity contribution in [1.82, 2.24) is 9.66 Å². The molecule has 7 heteroatoms. The number of hydrogen-bond donors (Lipinski definition) is 0. The molecule has 0 unspecified atom stereocenters. The molecular weight excluding hydrogens is 577 g/mol. The van der Waals surface area contributed by atoms with Crippen LogP contribution >= 0.6 is 22.6 Å². The number of halogens is 1. The molecule has 0 bridgehead atoms. The standard InChI is InChI=1S/C30H24IN3O3/c1-20-9-8-10-21(15-20)19-37-28-25(31)16-22(17-27(28)36-2)18-32-34-29(23-11-4-3-5-12-23)33-26-14-7-6-13-24(26)30(34)35/h3-18H,19H2,1-2H3. The molecule has 37 heavy (non-hydrogen) atoms. The van der Waals surface area contributed by atoms with E-state index >= 15 is 0 Å². The first-order chi connectivity index (χ1) is 18.0. The van der Waals surface area contributed by atoms with E-state index in [0.29, 0.717) is 34.8 Å². The van der Waals surface area contributed by atoms with Crippen LogP contribution in [0.25, 0.3) is 22.3 Å². The van der Waals surface area contributed by atoms with E-state index < -0.39 is 0 Å². The highest BCUT2D eigenvalue weighted by atomic mass is 127. The van der Waals surface area contributed by atoms with Crippen molar-refractivity contribution >= 4 is 39.7 Å². The Hall–Kier alpha value is -3.98. The van der Waals surface area contributed by atoms with Crippen molar-refractivity contribution in [3.8, 4) is 22.9 Å². The van der Waals surface area contributed by atoms with Gasteiger partial charge in [-0.1, -0.05) is 72.3 Å². The zero-order valence-corrected chi connectivity index (χ0v) is 22.5. The minimum absolute atomic E-state index is 0.236. The fourth-order valence-electron chi connectivity index (χ4n) is 4.04. The van der Waals surface area contributed by atoms with E-state index in [4.69, 9.17) is 14.5 Å². The van der Waals surface area contributed by atoms with Crippen LogP contribution < -0.4 is 15.0 Å². The Bertz CT molecular complexity index is 1660. The monoisotopic (exact) mass is 601 g/mol. The van der Waals surface area contributed by atoms with Gasteiger partial charge in [-0.25, -0.2) is 4.98 Å². The van der Waals surface area contributed by atoms with Crippen LogP contribution in [0.3, 0.4) is 0 Å². The van der Waals surface area contributed by atoms with Gasteiger partial charge in [0, 0.05) is 5.56 Å². The molecule has 0 aliphatic carbocycles. The second-order valence-corrected chi connectivity index (χ2v) is 9.65. The van der Waals surface area contributed by atoms with Crippen LogP contribution in [0.15, 0.2) is 101 Å². The predicted molar refractivity (Wildman–Crippen MR) is 156 cm³/mol. The van der Waals surface area contributed by atoms with E-state index in [-0.39, 0.29) is 5.56 Å². The number of nitrogens with zero attached hydrogens (tertiary/aromatic N) is 3. The Morgan fingerprint density at radius 2 is 1.76 bits per heavy atom. The van der Waals surface area contributed by atoms with Crippen molar-refractivity contribution in [2.75, 3.05) is 7.11 Å². The van der Waals surface area contributed by atoms with Gasteiger partial charge < -0.3 is 9.47 Å². The quantitative estimate of drug-likeness (QED) is 0.159. The fourth-order valence-corrected chi connectivity index (χ4v) is 4.82. The van der Waals surface area contributed by atoms with Crippen molar-refractivity contribution in [3.05, 3.63) is 122 Å². The molecule has 5 aromatic rings. The topological polar surface area (TPSA) is 65.7 Å². The normalized spacial score (nSPS) is 11.2. The van der Waals surface area contributed by atoms with Crippen molar-refractivity contribution in [3.63, 3.8) is 0 Å². The third-order valence-corrected chi connectivity index (χ3v) is 6.63. The fraction of sp³-hybridized carbons (Fsp3) is 0.100. The molecule has 184 valence electrons. The van der Waals surface area contributed by atoms with E-state index in [1.165, 1.54) is 10.2 Å². The van der Waals surface area contributed by atoms with E-state index in [0.717, 1.165) is 20.3 Å². The second kappa shape index (κ2) is 11.0. The first-order valence-electron chi connectivity index (χ1n) is 11.7. The molecule has 4 aromatic carbocycles. The van der Waals surface area contributed by atoms with Gasteiger partial charge in [0.1, 0.15) is 6.61 Å². The van der Waals surface area contributed by atoms with Gasteiger partial charge in [0.25, 0.3) is 5.56 Å². The molecule has 5 rings (SSSR count). The Kier molecular flexibility index (Phi) is 7.32. The van der Waals surface area contributed by atoms with Gasteiger partial charge in [-0.05, 0) is 64.9 Å². The summed E-state index contributed by atoms with van der Waals surface area (Å²) in [5.41, 5.74) is 4.23. The Morgan fingerprint density at radius 3 is 2.54 bits per heavy atom. The van der Waals surface area contributed by atoms with Crippen LogP contribution in [-0.2, 0) is 6.61 Å². The molecule has 0 aliphatic rings. The van der Waals surface area contributed by atoms with E-state index in [9.17, 15) is 4.79 Å². The molecule has 1 aromatic heterocycles. The second-order valence-electron chi connectivity index (χ2n) is 8.49.